The molecule has 0 atom stereocenters. The molecule has 4 nitrogen and oxygen atoms in total. The Morgan fingerprint density at radius 2 is 0.900 bits per heavy atom. The lowest BCUT2D eigenvalue weighted by Gasteiger charge is -2.23. The van der Waals surface area contributed by atoms with Crippen molar-refractivity contribution in [1.29, 1.82) is 0 Å². The van der Waals surface area contributed by atoms with Gasteiger partial charge in [0.15, 0.2) is 0 Å². The highest BCUT2D eigenvalue weighted by Gasteiger charge is 2.36. The van der Waals surface area contributed by atoms with Crippen LogP contribution in [0.15, 0.2) is 159 Å². The van der Waals surface area contributed by atoms with E-state index in [1.54, 1.807) is 0 Å². The van der Waals surface area contributed by atoms with Crippen LogP contribution in [0.2, 0.25) is 0 Å². The SMILES string of the molecule is C=CC(=O)OCCc1cc2ccc3ccc(-c4ccc5c(c4)C(C)(C)c4cc(-c6ccc7ccc8cc(COC(=O)C=C)cc9ccc6c7c89)ccc4-5)c4ccc(c1)c2c34. The van der Waals surface area contributed by atoms with Gasteiger partial charge in [-0.25, -0.2) is 9.59 Å². The molecule has 10 aromatic carbocycles. The Morgan fingerprint density at radius 1 is 0.483 bits per heavy atom. The van der Waals surface area contributed by atoms with Gasteiger partial charge in [0.05, 0.1) is 6.61 Å². The summed E-state index contributed by atoms with van der Waals surface area (Å²) in [5.74, 6) is -0.817. The first-order valence-electron chi connectivity index (χ1n) is 20.5. The normalized spacial score (nSPS) is 13.1. The van der Waals surface area contributed by atoms with Crippen LogP contribution in [0.4, 0.5) is 0 Å². The van der Waals surface area contributed by atoms with Crippen LogP contribution < -0.4 is 0 Å². The summed E-state index contributed by atoms with van der Waals surface area (Å²) >= 11 is 0. The molecule has 4 heteroatoms. The fourth-order valence-corrected chi connectivity index (χ4v) is 10.1. The van der Waals surface area contributed by atoms with Crippen LogP contribution in [-0.4, -0.2) is 18.5 Å². The van der Waals surface area contributed by atoms with Crippen molar-refractivity contribution in [1.82, 2.24) is 0 Å². The van der Waals surface area contributed by atoms with Crippen molar-refractivity contribution in [2.45, 2.75) is 32.3 Å². The topological polar surface area (TPSA) is 52.6 Å². The minimum atomic E-state index is -0.422. The van der Waals surface area contributed by atoms with Crippen LogP contribution >= 0.6 is 0 Å². The Morgan fingerprint density at radius 3 is 1.40 bits per heavy atom. The lowest BCUT2D eigenvalue weighted by Crippen LogP contribution is -2.15. The number of hydrogen-bond donors (Lipinski definition) is 0. The summed E-state index contributed by atoms with van der Waals surface area (Å²) in [7, 11) is 0. The molecule has 0 N–H and O–H groups in total. The minimum Gasteiger partial charge on any atom is -0.462 e. The molecule has 0 fully saturated rings. The Balaban J connectivity index is 0.961. The quantitative estimate of drug-likeness (QED) is 0.0832. The third-order valence-electron chi connectivity index (χ3n) is 13.0. The van der Waals surface area contributed by atoms with Crippen LogP contribution in [0, 0.1) is 0 Å². The van der Waals surface area contributed by atoms with Gasteiger partial charge in [0.1, 0.15) is 6.61 Å². The fraction of sp³-hybridized carbons (Fsp3) is 0.107. The van der Waals surface area contributed by atoms with Crippen molar-refractivity contribution >= 4 is 76.6 Å². The van der Waals surface area contributed by atoms with Crippen molar-refractivity contribution in [3.05, 3.63) is 181 Å². The Bertz CT molecular complexity index is 3420. The zero-order valence-corrected chi connectivity index (χ0v) is 33.5. The third kappa shape index (κ3) is 5.44. The Hall–Kier alpha value is -7.30. The molecule has 0 aromatic heterocycles. The van der Waals surface area contributed by atoms with Crippen LogP contribution in [-0.2, 0) is 37.5 Å². The first-order valence-corrected chi connectivity index (χ1v) is 20.5. The lowest BCUT2D eigenvalue weighted by molar-refractivity contribution is -0.139. The van der Waals surface area contributed by atoms with E-state index in [-0.39, 0.29) is 12.0 Å². The number of hydrogen-bond acceptors (Lipinski definition) is 4. The summed E-state index contributed by atoms with van der Waals surface area (Å²) in [6.07, 6.45) is 3.05. The van der Waals surface area contributed by atoms with E-state index in [4.69, 9.17) is 9.47 Å². The summed E-state index contributed by atoms with van der Waals surface area (Å²) < 4.78 is 10.7. The van der Waals surface area contributed by atoms with Crippen molar-refractivity contribution in [3.8, 4) is 33.4 Å². The molecule has 0 unspecified atom stereocenters. The number of rotatable bonds is 9. The average molecular weight is 777 g/mol. The summed E-state index contributed by atoms with van der Waals surface area (Å²) in [5.41, 5.74) is 12.0. The van der Waals surface area contributed by atoms with Crippen LogP contribution in [0.5, 0.6) is 0 Å². The molecule has 11 rings (SSSR count). The zero-order valence-electron chi connectivity index (χ0n) is 33.5. The first kappa shape index (κ1) is 35.8. The van der Waals surface area contributed by atoms with E-state index < -0.39 is 11.9 Å². The van der Waals surface area contributed by atoms with Gasteiger partial charge in [-0.15, -0.1) is 0 Å². The molecule has 0 bridgehead atoms. The van der Waals surface area contributed by atoms with Crippen LogP contribution in [0.1, 0.15) is 36.1 Å². The summed E-state index contributed by atoms with van der Waals surface area (Å²) in [6.45, 7) is 12.3. The van der Waals surface area contributed by atoms with Crippen LogP contribution in [0.3, 0.4) is 0 Å². The van der Waals surface area contributed by atoms with Gasteiger partial charge < -0.3 is 9.47 Å². The number of fused-ring (bicyclic) bond motifs is 3. The predicted molar refractivity (Wildman–Crippen MR) is 247 cm³/mol. The molecular weight excluding hydrogens is 737 g/mol. The molecule has 0 aliphatic heterocycles. The molecule has 1 aliphatic carbocycles. The number of esters is 2. The van der Waals surface area contributed by atoms with Gasteiger partial charge in [0.2, 0.25) is 0 Å². The van der Waals surface area contributed by atoms with E-state index in [2.05, 4.69) is 160 Å². The molecule has 0 heterocycles. The van der Waals surface area contributed by atoms with Crippen molar-refractivity contribution in [2.75, 3.05) is 6.61 Å². The van der Waals surface area contributed by atoms with E-state index in [0.717, 1.165) is 21.9 Å². The van der Waals surface area contributed by atoms with Gasteiger partial charge in [-0.3, -0.25) is 0 Å². The van der Waals surface area contributed by atoms with Crippen molar-refractivity contribution in [3.63, 3.8) is 0 Å². The standard InChI is InChI=1S/C56H40O4/c1-5-50(57)59-24-23-32-25-38-9-7-34-11-17-42(46-21-15-40(26-32)52(38)54(34)46)36-13-19-44-45-20-14-37(30-49(45)56(3,4)48(44)29-36)43-18-12-35-8-10-39-27-33(31-60-51(58)6-2)28-41-16-22-47(43)55(35)53(39)41/h5-22,25-30H,1-2,23-24,31H2,3-4H3. The van der Waals surface area contributed by atoms with Gasteiger partial charge in [-0.2, -0.15) is 0 Å². The molecule has 0 saturated heterocycles. The predicted octanol–water partition coefficient (Wildman–Crippen LogP) is 13.6. The van der Waals surface area contributed by atoms with Gasteiger partial charge in [-0.1, -0.05) is 136 Å². The maximum Gasteiger partial charge on any atom is 0.330 e. The van der Waals surface area contributed by atoms with Gasteiger partial charge in [-0.05, 0) is 145 Å². The zero-order chi connectivity index (χ0) is 40.9. The second-order valence-electron chi connectivity index (χ2n) is 16.7. The Labute approximate surface area is 347 Å². The number of carbonyl (C=O) groups is 2. The highest BCUT2D eigenvalue weighted by Crippen LogP contribution is 2.52. The lowest BCUT2D eigenvalue weighted by atomic mass is 9.80. The molecule has 60 heavy (non-hydrogen) atoms. The first-order chi connectivity index (χ1) is 29.2. The highest BCUT2D eigenvalue weighted by atomic mass is 16.5. The van der Waals surface area contributed by atoms with E-state index in [1.165, 1.54) is 111 Å². The molecule has 1 aliphatic rings. The smallest absolute Gasteiger partial charge is 0.330 e. The molecule has 288 valence electrons. The molecule has 0 amide bonds. The van der Waals surface area contributed by atoms with E-state index in [9.17, 15) is 9.59 Å². The fourth-order valence-electron chi connectivity index (χ4n) is 10.1. The van der Waals surface area contributed by atoms with Crippen molar-refractivity contribution < 1.29 is 19.1 Å². The summed E-state index contributed by atoms with van der Waals surface area (Å²) in [5, 5.41) is 14.6. The maximum atomic E-state index is 11.8. The van der Waals surface area contributed by atoms with Gasteiger partial charge >= 0.3 is 11.9 Å². The summed E-state index contributed by atoms with van der Waals surface area (Å²) in [4.78, 5) is 23.4. The second-order valence-corrected chi connectivity index (χ2v) is 16.7. The second kappa shape index (κ2) is 13.4. The van der Waals surface area contributed by atoms with Gasteiger partial charge in [0, 0.05) is 24.0 Å². The molecule has 0 spiro atoms. The molecule has 0 radical (unpaired) electrons. The van der Waals surface area contributed by atoms with Gasteiger partial charge in [0.25, 0.3) is 0 Å². The van der Waals surface area contributed by atoms with Crippen molar-refractivity contribution in [2.24, 2.45) is 0 Å². The monoisotopic (exact) mass is 776 g/mol. The summed E-state index contributed by atoms with van der Waals surface area (Å²) in [6, 6.07) is 49.6. The van der Waals surface area contributed by atoms with Crippen LogP contribution in [0.25, 0.3) is 98.0 Å². The number of ether oxygens (including phenoxy) is 2. The average Bonchev–Trinajstić information content (AvgIpc) is 3.50. The largest absolute Gasteiger partial charge is 0.462 e. The molecule has 0 saturated carbocycles. The molecular formula is C56H40O4. The van der Waals surface area contributed by atoms with E-state index >= 15 is 0 Å². The molecule has 10 aromatic rings. The number of benzene rings is 10. The Kier molecular flexibility index (Phi) is 7.98. The number of carbonyl (C=O) groups excluding carboxylic acids is 2. The maximum absolute atomic E-state index is 11.8. The third-order valence-corrected chi connectivity index (χ3v) is 13.0. The highest BCUT2D eigenvalue weighted by molar-refractivity contribution is 6.27. The van der Waals surface area contributed by atoms with E-state index in [0.29, 0.717) is 13.0 Å². The van der Waals surface area contributed by atoms with E-state index in [1.807, 2.05) is 0 Å². The minimum absolute atomic E-state index is 0.209.